The van der Waals surface area contributed by atoms with E-state index < -0.39 is 0 Å². The highest BCUT2D eigenvalue weighted by Crippen LogP contribution is 2.34. The van der Waals surface area contributed by atoms with E-state index in [1.807, 2.05) is 57.2 Å². The topological polar surface area (TPSA) is 118 Å². The molecule has 2 aromatic carbocycles. The molecule has 0 spiro atoms. The molecule has 1 saturated heterocycles. The van der Waals surface area contributed by atoms with Gasteiger partial charge in [0, 0.05) is 31.9 Å². The Bertz CT molecular complexity index is 1390. The molecule has 1 aromatic heterocycles. The van der Waals surface area contributed by atoms with Crippen LogP contribution in [0.5, 0.6) is 5.75 Å². The zero-order valence-electron chi connectivity index (χ0n) is 22.8. The van der Waals surface area contributed by atoms with E-state index in [0.717, 1.165) is 37.4 Å². The van der Waals surface area contributed by atoms with Crippen molar-refractivity contribution in [1.29, 1.82) is 5.26 Å². The maximum Gasteiger partial charge on any atom is 0.247 e. The number of hydrogen-bond acceptors (Lipinski definition) is 9. The minimum atomic E-state index is -0.323. The Kier molecular flexibility index (Phi) is 8.63. The largest absolute Gasteiger partial charge is 0.489 e. The number of piperazine rings is 1. The summed E-state index contributed by atoms with van der Waals surface area (Å²) in [6.07, 6.45) is 2.67. The Balaban J connectivity index is 1.66. The highest BCUT2D eigenvalue weighted by Gasteiger charge is 2.19. The lowest BCUT2D eigenvalue weighted by molar-refractivity contribution is -0.111. The van der Waals surface area contributed by atoms with Crippen LogP contribution in [0.3, 0.4) is 0 Å². The zero-order chi connectivity index (χ0) is 27.9. The fraction of sp³-hybridized carbons (Fsp3) is 0.310. The van der Waals surface area contributed by atoms with Gasteiger partial charge in [-0.3, -0.25) is 4.79 Å². The average Bonchev–Trinajstić information content (AvgIpc) is 2.91. The number of likely N-dealkylation sites (N-methyl/N-ethyl adjacent to an activating group) is 1. The number of nitrogens with zero attached hydrogens (tertiary/aromatic N) is 5. The van der Waals surface area contributed by atoms with Crippen molar-refractivity contribution in [3.05, 3.63) is 66.4 Å². The summed E-state index contributed by atoms with van der Waals surface area (Å²) in [5.41, 5.74) is 4.26. The third kappa shape index (κ3) is 6.83. The summed E-state index contributed by atoms with van der Waals surface area (Å²) >= 11 is 0. The Morgan fingerprint density at radius 1 is 1.13 bits per heavy atom. The van der Waals surface area contributed by atoms with Crippen molar-refractivity contribution < 1.29 is 9.53 Å². The summed E-state index contributed by atoms with van der Waals surface area (Å²) in [4.78, 5) is 25.8. The van der Waals surface area contributed by atoms with E-state index in [-0.39, 0.29) is 23.5 Å². The van der Waals surface area contributed by atoms with Gasteiger partial charge in [-0.25, -0.2) is 4.98 Å². The van der Waals surface area contributed by atoms with E-state index in [0.29, 0.717) is 28.6 Å². The number of aromatic nitrogens is 2. The van der Waals surface area contributed by atoms with Gasteiger partial charge in [0.25, 0.3) is 0 Å². The molecule has 10 nitrogen and oxygen atoms in total. The highest BCUT2D eigenvalue weighted by molar-refractivity contribution is 6.02. The van der Waals surface area contributed by atoms with Crippen LogP contribution >= 0.6 is 0 Å². The Morgan fingerprint density at radius 2 is 1.87 bits per heavy atom. The molecule has 3 aromatic rings. The van der Waals surface area contributed by atoms with Gasteiger partial charge in [-0.2, -0.15) is 10.2 Å². The summed E-state index contributed by atoms with van der Waals surface area (Å²) in [6, 6.07) is 13.5. The van der Waals surface area contributed by atoms with E-state index in [2.05, 4.69) is 55.4 Å². The molecule has 39 heavy (non-hydrogen) atoms. The third-order valence-corrected chi connectivity index (χ3v) is 6.28. The number of benzene rings is 2. The van der Waals surface area contributed by atoms with Crippen molar-refractivity contribution in [3.8, 4) is 11.8 Å². The van der Waals surface area contributed by atoms with Gasteiger partial charge in [0.05, 0.1) is 29.4 Å². The molecule has 1 aliphatic heterocycles. The van der Waals surface area contributed by atoms with Gasteiger partial charge in [-0.05, 0) is 63.7 Å². The number of para-hydroxylation sites is 2. The molecule has 1 fully saturated rings. The number of ether oxygens (including phenoxy) is 1. The zero-order valence-corrected chi connectivity index (χ0v) is 22.8. The predicted octanol–water partition coefficient (Wildman–Crippen LogP) is 4.81. The first-order valence-electron chi connectivity index (χ1n) is 12.9. The van der Waals surface area contributed by atoms with E-state index in [4.69, 9.17) is 4.74 Å². The number of carbonyl (C=O) groups is 1. The van der Waals surface area contributed by atoms with Crippen LogP contribution in [0.25, 0.3) is 0 Å². The summed E-state index contributed by atoms with van der Waals surface area (Å²) in [7, 11) is 2.11. The molecular weight excluding hydrogens is 492 g/mol. The van der Waals surface area contributed by atoms with Crippen molar-refractivity contribution in [2.45, 2.75) is 26.9 Å². The maximum atomic E-state index is 12.3. The number of carbonyl (C=O) groups excluding carboxylic acids is 1. The second kappa shape index (κ2) is 12.3. The minimum Gasteiger partial charge on any atom is -0.489 e. The van der Waals surface area contributed by atoms with Crippen LogP contribution in [-0.2, 0) is 4.79 Å². The molecule has 0 radical (unpaired) electrons. The first-order valence-corrected chi connectivity index (χ1v) is 12.9. The number of hydrogen-bond donors (Lipinski definition) is 3. The van der Waals surface area contributed by atoms with E-state index >= 15 is 0 Å². The Labute approximate surface area is 229 Å². The first kappa shape index (κ1) is 27.4. The SMILES string of the molecule is C=CC(=O)Nc1cc(N2CCN(C)CC2)c(C)cc1Nc1ncc(C#N)c(Nc2ccccc2OC(C)C)n1. The van der Waals surface area contributed by atoms with Crippen molar-refractivity contribution in [2.75, 3.05) is 54.1 Å². The van der Waals surface area contributed by atoms with Crippen LogP contribution in [0.1, 0.15) is 25.0 Å². The number of nitrogens with one attached hydrogen (secondary N) is 3. The standard InChI is InChI=1S/C29H34N8O2/c1-6-27(38)32-24-16-25(37-13-11-36(5)12-14-37)20(4)15-23(24)34-29-31-18-21(17-30)28(35-29)33-22-9-7-8-10-26(22)39-19(2)3/h6-10,15-16,18-19H,1,11-14H2,2-5H3,(H,32,38)(H2,31,33,34,35). The molecule has 1 aliphatic rings. The van der Waals surface area contributed by atoms with Gasteiger partial charge in [0.1, 0.15) is 17.4 Å². The van der Waals surface area contributed by atoms with Gasteiger partial charge in [-0.15, -0.1) is 0 Å². The first-order chi connectivity index (χ1) is 18.8. The normalized spacial score (nSPS) is 13.5. The molecular formula is C29H34N8O2. The average molecular weight is 527 g/mol. The van der Waals surface area contributed by atoms with Crippen molar-refractivity contribution in [1.82, 2.24) is 14.9 Å². The lowest BCUT2D eigenvalue weighted by Gasteiger charge is -2.35. The molecule has 10 heteroatoms. The summed E-state index contributed by atoms with van der Waals surface area (Å²) in [5.74, 6) is 0.919. The van der Waals surface area contributed by atoms with Crippen LogP contribution in [0.2, 0.25) is 0 Å². The number of anilines is 6. The quantitative estimate of drug-likeness (QED) is 0.338. The van der Waals surface area contributed by atoms with Gasteiger partial charge >= 0.3 is 0 Å². The van der Waals surface area contributed by atoms with Crippen LogP contribution in [0, 0.1) is 18.3 Å². The molecule has 0 atom stereocenters. The van der Waals surface area contributed by atoms with Crippen LogP contribution < -0.4 is 25.6 Å². The highest BCUT2D eigenvalue weighted by atomic mass is 16.5. The fourth-order valence-electron chi connectivity index (χ4n) is 4.27. The molecule has 0 saturated carbocycles. The van der Waals surface area contributed by atoms with Crippen molar-refractivity contribution in [3.63, 3.8) is 0 Å². The van der Waals surface area contributed by atoms with E-state index in [1.54, 1.807) is 0 Å². The summed E-state index contributed by atoms with van der Waals surface area (Å²) in [5, 5.41) is 19.0. The molecule has 0 unspecified atom stereocenters. The summed E-state index contributed by atoms with van der Waals surface area (Å²) in [6.45, 7) is 13.2. The smallest absolute Gasteiger partial charge is 0.247 e. The third-order valence-electron chi connectivity index (χ3n) is 6.28. The van der Waals surface area contributed by atoms with Crippen LogP contribution in [-0.4, -0.2) is 60.1 Å². The number of nitriles is 1. The van der Waals surface area contributed by atoms with Crippen molar-refractivity contribution >= 4 is 40.4 Å². The van der Waals surface area contributed by atoms with Crippen molar-refractivity contribution in [2.24, 2.45) is 0 Å². The second-order valence-electron chi connectivity index (χ2n) is 9.65. The fourth-order valence-corrected chi connectivity index (χ4v) is 4.27. The Morgan fingerprint density at radius 3 is 2.56 bits per heavy atom. The monoisotopic (exact) mass is 526 g/mol. The number of aryl methyl sites for hydroxylation is 1. The van der Waals surface area contributed by atoms with Crippen LogP contribution in [0.4, 0.5) is 34.5 Å². The molecule has 0 aliphatic carbocycles. The van der Waals surface area contributed by atoms with Gasteiger partial charge in [0.15, 0.2) is 5.82 Å². The van der Waals surface area contributed by atoms with E-state index in [9.17, 15) is 10.1 Å². The van der Waals surface area contributed by atoms with Gasteiger partial charge in [-0.1, -0.05) is 18.7 Å². The molecule has 202 valence electrons. The maximum absolute atomic E-state index is 12.3. The summed E-state index contributed by atoms with van der Waals surface area (Å²) < 4.78 is 5.90. The molecule has 0 bridgehead atoms. The molecule has 2 heterocycles. The minimum absolute atomic E-state index is 0.0210. The second-order valence-corrected chi connectivity index (χ2v) is 9.65. The predicted molar refractivity (Wildman–Crippen MR) is 155 cm³/mol. The Hall–Kier alpha value is -4.62. The van der Waals surface area contributed by atoms with Crippen LogP contribution in [0.15, 0.2) is 55.3 Å². The molecule has 4 rings (SSSR count). The lowest BCUT2D eigenvalue weighted by Crippen LogP contribution is -2.44. The van der Waals surface area contributed by atoms with Gasteiger partial charge < -0.3 is 30.5 Å². The molecule has 1 amide bonds. The van der Waals surface area contributed by atoms with E-state index in [1.165, 1.54) is 12.3 Å². The lowest BCUT2D eigenvalue weighted by atomic mass is 10.1. The number of amides is 1. The molecule has 3 N–H and O–H groups in total. The van der Waals surface area contributed by atoms with Gasteiger partial charge in [0.2, 0.25) is 11.9 Å². The number of rotatable bonds is 9.